The van der Waals surface area contributed by atoms with Crippen molar-refractivity contribution in [2.24, 2.45) is 10.7 Å². The van der Waals surface area contributed by atoms with Crippen LogP contribution in [0.4, 0.5) is 4.39 Å². The van der Waals surface area contributed by atoms with Crippen molar-refractivity contribution in [1.82, 2.24) is 4.90 Å². The fourth-order valence-corrected chi connectivity index (χ4v) is 1.31. The molecule has 0 saturated heterocycles. The van der Waals surface area contributed by atoms with Crippen molar-refractivity contribution in [3.8, 4) is 0 Å². The van der Waals surface area contributed by atoms with Crippen molar-refractivity contribution in [2.45, 2.75) is 26.4 Å². The molecule has 0 bridgehead atoms. The SMILES string of the molecule is CC(C)N=C(N)N(C)Cc1ccc(F)cc1. The average Bonchev–Trinajstić information content (AvgIpc) is 2.20. The summed E-state index contributed by atoms with van der Waals surface area (Å²) in [5.74, 6) is 0.273. The first-order chi connectivity index (χ1) is 7.49. The van der Waals surface area contributed by atoms with Crippen LogP contribution in [0.2, 0.25) is 0 Å². The summed E-state index contributed by atoms with van der Waals surface area (Å²) in [4.78, 5) is 6.08. The monoisotopic (exact) mass is 223 g/mol. The first-order valence-corrected chi connectivity index (χ1v) is 5.28. The van der Waals surface area contributed by atoms with Gasteiger partial charge in [-0.2, -0.15) is 0 Å². The quantitative estimate of drug-likeness (QED) is 0.629. The minimum atomic E-state index is -0.227. The van der Waals surface area contributed by atoms with Gasteiger partial charge in [-0.05, 0) is 31.5 Å². The largest absolute Gasteiger partial charge is 0.370 e. The molecule has 0 aromatic heterocycles. The van der Waals surface area contributed by atoms with E-state index in [1.54, 1.807) is 12.1 Å². The molecule has 0 unspecified atom stereocenters. The van der Waals surface area contributed by atoms with Crippen molar-refractivity contribution < 1.29 is 4.39 Å². The molecule has 1 rings (SSSR count). The standard InChI is InChI=1S/C12H18FN3/c1-9(2)15-12(14)16(3)8-10-4-6-11(13)7-5-10/h4-7,9H,8H2,1-3H3,(H2,14,15). The Bertz CT molecular complexity index is 357. The Kier molecular flexibility index (Phi) is 4.28. The maximum absolute atomic E-state index is 12.7. The van der Waals surface area contributed by atoms with Crippen LogP contribution < -0.4 is 5.73 Å². The van der Waals surface area contributed by atoms with Gasteiger partial charge in [-0.15, -0.1) is 0 Å². The van der Waals surface area contributed by atoms with E-state index in [1.807, 2.05) is 25.8 Å². The van der Waals surface area contributed by atoms with E-state index in [9.17, 15) is 4.39 Å². The predicted octanol–water partition coefficient (Wildman–Crippen LogP) is 1.98. The number of aliphatic imine (C=N–C) groups is 1. The first kappa shape index (κ1) is 12.5. The molecule has 88 valence electrons. The van der Waals surface area contributed by atoms with Crippen LogP contribution in [0.1, 0.15) is 19.4 Å². The zero-order chi connectivity index (χ0) is 12.1. The molecule has 3 nitrogen and oxygen atoms in total. The van der Waals surface area contributed by atoms with E-state index >= 15 is 0 Å². The van der Waals surface area contributed by atoms with Crippen LogP contribution in [0.15, 0.2) is 29.3 Å². The Morgan fingerprint density at radius 1 is 1.38 bits per heavy atom. The second-order valence-corrected chi connectivity index (χ2v) is 4.06. The third-order valence-electron chi connectivity index (χ3n) is 2.11. The van der Waals surface area contributed by atoms with Gasteiger partial charge in [0.2, 0.25) is 0 Å². The minimum absolute atomic E-state index is 0.177. The number of guanidine groups is 1. The molecule has 4 heteroatoms. The Morgan fingerprint density at radius 3 is 2.44 bits per heavy atom. The normalized spacial score (nSPS) is 11.9. The van der Waals surface area contributed by atoms with Crippen LogP contribution in [0.25, 0.3) is 0 Å². The summed E-state index contributed by atoms with van der Waals surface area (Å²) in [7, 11) is 1.87. The van der Waals surface area contributed by atoms with Gasteiger partial charge in [0.15, 0.2) is 5.96 Å². The van der Waals surface area contributed by atoms with Gasteiger partial charge in [0, 0.05) is 19.6 Å². The Hall–Kier alpha value is -1.58. The predicted molar refractivity (Wildman–Crippen MR) is 64.6 cm³/mol. The lowest BCUT2D eigenvalue weighted by atomic mass is 10.2. The van der Waals surface area contributed by atoms with E-state index in [0.717, 1.165) is 5.56 Å². The molecule has 0 heterocycles. The summed E-state index contributed by atoms with van der Waals surface area (Å²) >= 11 is 0. The van der Waals surface area contributed by atoms with E-state index in [-0.39, 0.29) is 11.9 Å². The van der Waals surface area contributed by atoms with E-state index < -0.39 is 0 Å². The number of benzene rings is 1. The number of nitrogens with two attached hydrogens (primary N) is 1. The molecule has 1 aromatic rings. The number of rotatable bonds is 3. The molecule has 0 radical (unpaired) electrons. The molecule has 0 spiro atoms. The second-order valence-electron chi connectivity index (χ2n) is 4.06. The van der Waals surface area contributed by atoms with E-state index in [2.05, 4.69) is 4.99 Å². The fraction of sp³-hybridized carbons (Fsp3) is 0.417. The molecule has 0 atom stereocenters. The first-order valence-electron chi connectivity index (χ1n) is 5.28. The highest BCUT2D eigenvalue weighted by Gasteiger charge is 2.03. The van der Waals surface area contributed by atoms with Gasteiger partial charge in [0.1, 0.15) is 5.82 Å². The van der Waals surface area contributed by atoms with Crippen molar-refractivity contribution in [2.75, 3.05) is 7.05 Å². The summed E-state index contributed by atoms with van der Waals surface area (Å²) < 4.78 is 12.7. The zero-order valence-electron chi connectivity index (χ0n) is 9.94. The highest BCUT2D eigenvalue weighted by Crippen LogP contribution is 2.05. The molecule has 0 saturated carbocycles. The van der Waals surface area contributed by atoms with Crippen molar-refractivity contribution in [3.63, 3.8) is 0 Å². The van der Waals surface area contributed by atoms with Crippen LogP contribution in [0, 0.1) is 5.82 Å². The summed E-state index contributed by atoms with van der Waals surface area (Å²) in [6.07, 6.45) is 0. The van der Waals surface area contributed by atoms with Gasteiger partial charge in [-0.25, -0.2) is 4.39 Å². The van der Waals surface area contributed by atoms with Gasteiger partial charge in [0.25, 0.3) is 0 Å². The van der Waals surface area contributed by atoms with E-state index in [4.69, 9.17) is 5.73 Å². The number of hydrogen-bond acceptors (Lipinski definition) is 1. The third kappa shape index (κ3) is 3.88. The molecule has 0 fully saturated rings. The van der Waals surface area contributed by atoms with Crippen LogP contribution in [0.3, 0.4) is 0 Å². The molecule has 0 aliphatic heterocycles. The molecular weight excluding hydrogens is 205 g/mol. The highest BCUT2D eigenvalue weighted by atomic mass is 19.1. The van der Waals surface area contributed by atoms with Crippen molar-refractivity contribution in [1.29, 1.82) is 0 Å². The third-order valence-corrected chi connectivity index (χ3v) is 2.11. The lowest BCUT2D eigenvalue weighted by Crippen LogP contribution is -2.34. The lowest BCUT2D eigenvalue weighted by molar-refractivity contribution is 0.488. The van der Waals surface area contributed by atoms with Crippen LogP contribution in [-0.4, -0.2) is 23.9 Å². The number of nitrogens with zero attached hydrogens (tertiary/aromatic N) is 2. The average molecular weight is 223 g/mol. The van der Waals surface area contributed by atoms with Gasteiger partial charge in [0.05, 0.1) is 0 Å². The van der Waals surface area contributed by atoms with E-state index in [1.165, 1.54) is 12.1 Å². The Morgan fingerprint density at radius 2 is 1.94 bits per heavy atom. The summed E-state index contributed by atoms with van der Waals surface area (Å²) in [6.45, 7) is 4.57. The highest BCUT2D eigenvalue weighted by molar-refractivity contribution is 5.77. The summed E-state index contributed by atoms with van der Waals surface area (Å²) in [6, 6.07) is 6.55. The molecule has 0 aliphatic carbocycles. The van der Waals surface area contributed by atoms with Crippen LogP contribution in [0.5, 0.6) is 0 Å². The molecule has 2 N–H and O–H groups in total. The maximum Gasteiger partial charge on any atom is 0.191 e. The van der Waals surface area contributed by atoms with Crippen molar-refractivity contribution >= 4 is 5.96 Å². The zero-order valence-corrected chi connectivity index (χ0v) is 9.94. The van der Waals surface area contributed by atoms with Crippen molar-refractivity contribution in [3.05, 3.63) is 35.6 Å². The smallest absolute Gasteiger partial charge is 0.191 e. The van der Waals surface area contributed by atoms with E-state index in [0.29, 0.717) is 12.5 Å². The molecule has 0 amide bonds. The number of halogens is 1. The Labute approximate surface area is 95.8 Å². The molecule has 1 aromatic carbocycles. The summed E-state index contributed by atoms with van der Waals surface area (Å²) in [5.41, 5.74) is 6.80. The number of hydrogen-bond donors (Lipinski definition) is 1. The van der Waals surface area contributed by atoms with Gasteiger partial charge >= 0.3 is 0 Å². The second kappa shape index (κ2) is 5.49. The lowest BCUT2D eigenvalue weighted by Gasteiger charge is -2.18. The topological polar surface area (TPSA) is 41.6 Å². The Balaban J connectivity index is 2.64. The van der Waals surface area contributed by atoms with Gasteiger partial charge < -0.3 is 10.6 Å². The van der Waals surface area contributed by atoms with Crippen LogP contribution >= 0.6 is 0 Å². The maximum atomic E-state index is 12.7. The van der Waals surface area contributed by atoms with Gasteiger partial charge in [-0.1, -0.05) is 12.1 Å². The van der Waals surface area contributed by atoms with Gasteiger partial charge in [-0.3, -0.25) is 4.99 Å². The fourth-order valence-electron chi connectivity index (χ4n) is 1.31. The van der Waals surface area contributed by atoms with Crippen LogP contribution in [-0.2, 0) is 6.54 Å². The molecule has 16 heavy (non-hydrogen) atoms. The molecule has 0 aliphatic rings. The minimum Gasteiger partial charge on any atom is -0.370 e. The molecular formula is C12H18FN3. The summed E-state index contributed by atoms with van der Waals surface area (Å²) in [5, 5.41) is 0.